The highest BCUT2D eigenvalue weighted by Crippen LogP contribution is 2.24. The molecule has 2 aromatic carbocycles. The van der Waals surface area contributed by atoms with E-state index in [1.807, 2.05) is 55.5 Å². The number of anilines is 1. The summed E-state index contributed by atoms with van der Waals surface area (Å²) in [5.41, 5.74) is 3.02. The molecule has 0 fully saturated rings. The second kappa shape index (κ2) is 5.69. The molecule has 2 heterocycles. The Kier molecular flexibility index (Phi) is 3.38. The monoisotopic (exact) mass is 321 g/mol. The quantitative estimate of drug-likeness (QED) is 0.536. The molecule has 0 radical (unpaired) electrons. The normalized spacial score (nSPS) is 12.4. The molecule has 7 heteroatoms. The topological polar surface area (TPSA) is 99.6 Å². The standard InChI is InChI=1S/C17H15N5O2/c1-10(15-21-22-16(24-15)11-5-3-2-4-6-11)18-12-7-8-13-14(9-12)20-17(23)19-13/h2-10,18H,1H3,(H2,19,20,23)/t10-/m0/s1. The third-order valence-electron chi connectivity index (χ3n) is 3.73. The van der Waals surface area contributed by atoms with Crippen LogP contribution in [0.3, 0.4) is 0 Å². The van der Waals surface area contributed by atoms with Gasteiger partial charge in [0.05, 0.1) is 11.0 Å². The van der Waals surface area contributed by atoms with Crippen molar-refractivity contribution in [2.24, 2.45) is 0 Å². The summed E-state index contributed by atoms with van der Waals surface area (Å²) in [5.74, 6) is 0.987. The summed E-state index contributed by atoms with van der Waals surface area (Å²) in [6.45, 7) is 1.94. The molecule has 0 amide bonds. The Morgan fingerprint density at radius 1 is 1.04 bits per heavy atom. The number of aromatic nitrogens is 4. The molecule has 120 valence electrons. The molecule has 4 rings (SSSR count). The van der Waals surface area contributed by atoms with Crippen molar-refractivity contribution >= 4 is 16.7 Å². The van der Waals surface area contributed by atoms with E-state index in [9.17, 15) is 4.79 Å². The highest BCUT2D eigenvalue weighted by molar-refractivity contribution is 5.78. The minimum absolute atomic E-state index is 0.168. The molecule has 7 nitrogen and oxygen atoms in total. The summed E-state index contributed by atoms with van der Waals surface area (Å²) in [6, 6.07) is 15.0. The van der Waals surface area contributed by atoms with Gasteiger partial charge in [0.25, 0.3) is 0 Å². The van der Waals surface area contributed by atoms with Gasteiger partial charge in [-0.05, 0) is 37.3 Å². The van der Waals surface area contributed by atoms with Crippen LogP contribution in [-0.4, -0.2) is 20.2 Å². The predicted molar refractivity (Wildman–Crippen MR) is 90.7 cm³/mol. The van der Waals surface area contributed by atoms with Crippen LogP contribution in [0.25, 0.3) is 22.5 Å². The number of benzene rings is 2. The van der Waals surface area contributed by atoms with E-state index < -0.39 is 0 Å². The molecule has 0 saturated carbocycles. The van der Waals surface area contributed by atoms with Crippen LogP contribution in [0.2, 0.25) is 0 Å². The number of nitrogens with zero attached hydrogens (tertiary/aromatic N) is 2. The minimum Gasteiger partial charge on any atom is -0.418 e. The van der Waals surface area contributed by atoms with E-state index in [2.05, 4.69) is 25.5 Å². The van der Waals surface area contributed by atoms with Gasteiger partial charge < -0.3 is 19.7 Å². The highest BCUT2D eigenvalue weighted by Gasteiger charge is 2.15. The van der Waals surface area contributed by atoms with Crippen molar-refractivity contribution in [2.45, 2.75) is 13.0 Å². The van der Waals surface area contributed by atoms with Crippen LogP contribution in [0.15, 0.2) is 57.7 Å². The molecular weight excluding hydrogens is 306 g/mol. The molecule has 0 aliphatic heterocycles. The molecule has 0 saturated heterocycles. The molecule has 0 aliphatic rings. The number of rotatable bonds is 4. The Bertz CT molecular complexity index is 1030. The van der Waals surface area contributed by atoms with Crippen LogP contribution in [0.4, 0.5) is 5.69 Å². The maximum atomic E-state index is 11.3. The lowest BCUT2D eigenvalue weighted by Gasteiger charge is -2.11. The van der Waals surface area contributed by atoms with Gasteiger partial charge in [0.1, 0.15) is 6.04 Å². The number of imidazole rings is 1. The first-order valence-electron chi connectivity index (χ1n) is 7.56. The van der Waals surface area contributed by atoms with E-state index in [4.69, 9.17) is 4.42 Å². The third kappa shape index (κ3) is 2.67. The van der Waals surface area contributed by atoms with Gasteiger partial charge in [-0.2, -0.15) is 0 Å². The van der Waals surface area contributed by atoms with Gasteiger partial charge in [-0.15, -0.1) is 10.2 Å². The van der Waals surface area contributed by atoms with Crippen molar-refractivity contribution in [3.63, 3.8) is 0 Å². The molecule has 0 unspecified atom stereocenters. The average Bonchev–Trinajstić information content (AvgIpc) is 3.21. The summed E-state index contributed by atoms with van der Waals surface area (Å²) in [6.07, 6.45) is 0. The smallest absolute Gasteiger partial charge is 0.323 e. The Balaban J connectivity index is 1.56. The largest absolute Gasteiger partial charge is 0.418 e. The molecule has 2 aromatic heterocycles. The van der Waals surface area contributed by atoms with E-state index in [-0.39, 0.29) is 11.7 Å². The lowest BCUT2D eigenvalue weighted by atomic mass is 10.2. The number of nitrogens with one attached hydrogen (secondary N) is 3. The molecule has 1 atom stereocenters. The first-order chi connectivity index (χ1) is 11.7. The lowest BCUT2D eigenvalue weighted by molar-refractivity contribution is 0.485. The third-order valence-corrected chi connectivity index (χ3v) is 3.73. The van der Waals surface area contributed by atoms with E-state index in [0.29, 0.717) is 11.8 Å². The predicted octanol–water partition coefficient (Wildman–Crippen LogP) is 3.08. The van der Waals surface area contributed by atoms with Gasteiger partial charge in [-0.3, -0.25) is 0 Å². The fourth-order valence-electron chi connectivity index (χ4n) is 2.54. The number of fused-ring (bicyclic) bond motifs is 1. The molecular formula is C17H15N5O2. The van der Waals surface area contributed by atoms with Gasteiger partial charge >= 0.3 is 5.69 Å². The molecule has 0 spiro atoms. The number of H-pyrrole nitrogens is 2. The van der Waals surface area contributed by atoms with Gasteiger partial charge in [0.15, 0.2) is 0 Å². The summed E-state index contributed by atoms with van der Waals surface area (Å²) in [4.78, 5) is 16.8. The van der Waals surface area contributed by atoms with Crippen molar-refractivity contribution in [1.82, 2.24) is 20.2 Å². The summed E-state index contributed by atoms with van der Waals surface area (Å²) in [7, 11) is 0. The summed E-state index contributed by atoms with van der Waals surface area (Å²) >= 11 is 0. The van der Waals surface area contributed by atoms with E-state index in [1.54, 1.807) is 0 Å². The first kappa shape index (κ1) is 14.3. The van der Waals surface area contributed by atoms with Crippen molar-refractivity contribution in [1.29, 1.82) is 0 Å². The Labute approximate surface area is 136 Å². The van der Waals surface area contributed by atoms with Gasteiger partial charge in [0, 0.05) is 11.3 Å². The maximum absolute atomic E-state index is 11.3. The summed E-state index contributed by atoms with van der Waals surface area (Å²) < 4.78 is 5.75. The molecule has 4 aromatic rings. The van der Waals surface area contributed by atoms with Crippen molar-refractivity contribution < 1.29 is 4.42 Å². The number of hydrogen-bond donors (Lipinski definition) is 3. The van der Waals surface area contributed by atoms with Crippen LogP contribution >= 0.6 is 0 Å². The van der Waals surface area contributed by atoms with Crippen LogP contribution in [-0.2, 0) is 0 Å². The van der Waals surface area contributed by atoms with Gasteiger partial charge in [0.2, 0.25) is 11.8 Å². The zero-order valence-corrected chi connectivity index (χ0v) is 12.9. The van der Waals surface area contributed by atoms with E-state index in [0.717, 1.165) is 22.3 Å². The molecule has 0 bridgehead atoms. The molecule has 0 aliphatic carbocycles. The van der Waals surface area contributed by atoms with E-state index in [1.165, 1.54) is 0 Å². The Morgan fingerprint density at radius 2 is 1.83 bits per heavy atom. The fourth-order valence-corrected chi connectivity index (χ4v) is 2.54. The second-order valence-electron chi connectivity index (χ2n) is 5.52. The SMILES string of the molecule is C[C@H](Nc1ccc2[nH]c(=O)[nH]c2c1)c1nnc(-c2ccccc2)o1. The fraction of sp³-hybridized carbons (Fsp3) is 0.118. The van der Waals surface area contributed by atoms with Crippen molar-refractivity contribution in [3.05, 3.63) is 64.9 Å². The maximum Gasteiger partial charge on any atom is 0.323 e. The summed E-state index contributed by atoms with van der Waals surface area (Å²) in [5, 5.41) is 11.5. The second-order valence-corrected chi connectivity index (χ2v) is 5.52. The molecule has 24 heavy (non-hydrogen) atoms. The van der Waals surface area contributed by atoms with Crippen LogP contribution in [0.5, 0.6) is 0 Å². The lowest BCUT2D eigenvalue weighted by Crippen LogP contribution is -2.06. The zero-order valence-electron chi connectivity index (χ0n) is 12.9. The zero-order chi connectivity index (χ0) is 16.5. The van der Waals surface area contributed by atoms with Gasteiger partial charge in [-0.1, -0.05) is 18.2 Å². The minimum atomic E-state index is -0.223. The van der Waals surface area contributed by atoms with Gasteiger partial charge in [-0.25, -0.2) is 4.79 Å². The van der Waals surface area contributed by atoms with Crippen LogP contribution in [0, 0.1) is 0 Å². The Hall–Kier alpha value is -3.35. The molecule has 3 N–H and O–H groups in total. The Morgan fingerprint density at radius 3 is 2.67 bits per heavy atom. The number of aromatic amines is 2. The van der Waals surface area contributed by atoms with Crippen LogP contribution < -0.4 is 11.0 Å². The van der Waals surface area contributed by atoms with Crippen LogP contribution in [0.1, 0.15) is 18.9 Å². The van der Waals surface area contributed by atoms with Crippen molar-refractivity contribution in [2.75, 3.05) is 5.32 Å². The average molecular weight is 321 g/mol. The van der Waals surface area contributed by atoms with Crippen molar-refractivity contribution in [3.8, 4) is 11.5 Å². The first-order valence-corrected chi connectivity index (χ1v) is 7.56. The number of hydrogen-bond acceptors (Lipinski definition) is 5. The highest BCUT2D eigenvalue weighted by atomic mass is 16.4. The van der Waals surface area contributed by atoms with E-state index >= 15 is 0 Å².